The lowest BCUT2D eigenvalue weighted by molar-refractivity contribution is -0.00000507. The van der Waals surface area contributed by atoms with Gasteiger partial charge in [-0.3, -0.25) is 0 Å². The summed E-state index contributed by atoms with van der Waals surface area (Å²) in [6, 6.07) is 28.8. The molecule has 0 spiro atoms. The number of rotatable bonds is 4. The summed E-state index contributed by atoms with van der Waals surface area (Å²) in [5.41, 5.74) is 3.25. The predicted molar refractivity (Wildman–Crippen MR) is 104 cm³/mol. The fourth-order valence-corrected chi connectivity index (χ4v) is 3.00. The second-order valence-electron chi connectivity index (χ2n) is 6.10. The van der Waals surface area contributed by atoms with Gasteiger partial charge in [0.25, 0.3) is 0 Å². The Morgan fingerprint density at radius 3 is 2.08 bits per heavy atom. The monoisotopic (exact) mass is 360 g/mol. The second-order valence-corrected chi connectivity index (χ2v) is 6.10. The number of fused-ring (bicyclic) bond motifs is 1. The highest BCUT2D eigenvalue weighted by molar-refractivity contribution is 5.91. The zero-order valence-corrected chi connectivity index (χ0v) is 15.3. The third kappa shape index (κ3) is 3.68. The van der Waals surface area contributed by atoms with Crippen molar-refractivity contribution < 1.29 is 12.4 Å². The van der Waals surface area contributed by atoms with Gasteiger partial charge in [-0.15, -0.1) is 0 Å². The summed E-state index contributed by atoms with van der Waals surface area (Å²) < 4.78 is 0. The molecule has 0 radical (unpaired) electrons. The fraction of sp³-hybridized carbons (Fsp3) is 0.0909. The van der Waals surface area contributed by atoms with Crippen molar-refractivity contribution in [3.63, 3.8) is 0 Å². The molecule has 0 N–H and O–H groups in total. The summed E-state index contributed by atoms with van der Waals surface area (Å²) in [5, 5.41) is 1.07. The van der Waals surface area contributed by atoms with Gasteiger partial charge in [-0.25, -0.2) is 9.97 Å². The first-order chi connectivity index (χ1) is 12.3. The van der Waals surface area contributed by atoms with Gasteiger partial charge in [0.2, 0.25) is 0 Å². The molecule has 0 fully saturated rings. The molecule has 0 bridgehead atoms. The van der Waals surface area contributed by atoms with Crippen LogP contribution in [0.4, 0.5) is 5.82 Å². The number of anilines is 1. The number of hydrogen-bond acceptors (Lipinski definition) is 3. The first-order valence-corrected chi connectivity index (χ1v) is 8.38. The molecule has 0 aliphatic heterocycles. The number of benzene rings is 3. The van der Waals surface area contributed by atoms with E-state index in [0.29, 0.717) is 0 Å². The Balaban J connectivity index is 0.00000196. The number of halogens is 1. The molecule has 4 heteroatoms. The number of nitrogens with zero attached hydrogens (tertiary/aromatic N) is 3. The van der Waals surface area contributed by atoms with Crippen molar-refractivity contribution in [1.29, 1.82) is 0 Å². The molecule has 130 valence electrons. The van der Waals surface area contributed by atoms with E-state index in [1.165, 1.54) is 5.56 Å². The maximum atomic E-state index is 4.88. The lowest BCUT2D eigenvalue weighted by atomic mass is 10.1. The Morgan fingerprint density at radius 2 is 1.35 bits per heavy atom. The van der Waals surface area contributed by atoms with Gasteiger partial charge in [0.1, 0.15) is 5.82 Å². The Hall–Kier alpha value is -2.91. The van der Waals surface area contributed by atoms with E-state index in [2.05, 4.69) is 42.3 Å². The molecule has 0 amide bonds. The average molecular weight is 361 g/mol. The van der Waals surface area contributed by atoms with E-state index in [-0.39, 0.29) is 12.4 Å². The van der Waals surface area contributed by atoms with Crippen molar-refractivity contribution in [3.8, 4) is 11.4 Å². The zero-order valence-electron chi connectivity index (χ0n) is 14.5. The normalized spacial score (nSPS) is 10.3. The standard InChI is InChI=1S/C22H19N3.ClH/c1-25(16-17-10-4-2-5-11-17)22-19-14-8-9-15-20(19)23-21(24-22)18-12-6-3-7-13-18;/h2-15H,16H2,1H3;1H/p-1. The van der Waals surface area contributed by atoms with Gasteiger partial charge in [0.05, 0.1) is 5.52 Å². The quantitative estimate of drug-likeness (QED) is 0.557. The third-order valence-electron chi connectivity index (χ3n) is 4.24. The van der Waals surface area contributed by atoms with Crippen molar-refractivity contribution in [3.05, 3.63) is 90.5 Å². The zero-order chi connectivity index (χ0) is 17.1. The van der Waals surface area contributed by atoms with Gasteiger partial charge < -0.3 is 17.3 Å². The summed E-state index contributed by atoms with van der Waals surface area (Å²) in [7, 11) is 2.08. The Bertz CT molecular complexity index is 988. The molecular weight excluding hydrogens is 342 g/mol. The minimum absolute atomic E-state index is 0. The molecule has 3 aromatic carbocycles. The molecule has 26 heavy (non-hydrogen) atoms. The number of para-hydroxylation sites is 1. The molecule has 1 aromatic heterocycles. The fourth-order valence-electron chi connectivity index (χ4n) is 3.00. The maximum Gasteiger partial charge on any atom is 0.162 e. The highest BCUT2D eigenvalue weighted by atomic mass is 35.5. The highest BCUT2D eigenvalue weighted by Crippen LogP contribution is 2.27. The van der Waals surface area contributed by atoms with E-state index in [0.717, 1.165) is 34.7 Å². The topological polar surface area (TPSA) is 29.0 Å². The van der Waals surface area contributed by atoms with Crippen molar-refractivity contribution in [1.82, 2.24) is 9.97 Å². The van der Waals surface area contributed by atoms with Gasteiger partial charge in [-0.1, -0.05) is 72.8 Å². The number of aromatic nitrogens is 2. The van der Waals surface area contributed by atoms with Crippen LogP contribution in [0.3, 0.4) is 0 Å². The molecule has 0 saturated carbocycles. The smallest absolute Gasteiger partial charge is 0.162 e. The minimum Gasteiger partial charge on any atom is -1.00 e. The van der Waals surface area contributed by atoms with Crippen molar-refractivity contribution in [2.45, 2.75) is 6.54 Å². The second kappa shape index (κ2) is 7.98. The van der Waals surface area contributed by atoms with E-state index in [4.69, 9.17) is 9.97 Å². The summed E-state index contributed by atoms with van der Waals surface area (Å²) in [4.78, 5) is 11.8. The van der Waals surface area contributed by atoms with Gasteiger partial charge >= 0.3 is 0 Å². The van der Waals surface area contributed by atoms with Crippen LogP contribution < -0.4 is 17.3 Å². The summed E-state index contributed by atoms with van der Waals surface area (Å²) in [6.45, 7) is 0.802. The van der Waals surface area contributed by atoms with E-state index in [1.807, 2.05) is 54.6 Å². The molecule has 0 aliphatic carbocycles. The van der Waals surface area contributed by atoms with Crippen molar-refractivity contribution in [2.24, 2.45) is 0 Å². The van der Waals surface area contributed by atoms with Crippen LogP contribution in [0.1, 0.15) is 5.56 Å². The Morgan fingerprint density at radius 1 is 0.731 bits per heavy atom. The SMILES string of the molecule is CN(Cc1ccccc1)c1nc(-c2ccccc2)nc2ccccc12.[Cl-]. The minimum atomic E-state index is 0. The van der Waals surface area contributed by atoms with Crippen LogP contribution in [0.5, 0.6) is 0 Å². The first kappa shape index (κ1) is 17.9. The van der Waals surface area contributed by atoms with Gasteiger partial charge in [-0.2, -0.15) is 0 Å². The molecule has 3 nitrogen and oxygen atoms in total. The van der Waals surface area contributed by atoms with Crippen LogP contribution in [0, 0.1) is 0 Å². The van der Waals surface area contributed by atoms with Crippen LogP contribution >= 0.6 is 0 Å². The lowest BCUT2D eigenvalue weighted by Gasteiger charge is -2.21. The summed E-state index contributed by atoms with van der Waals surface area (Å²) in [6.07, 6.45) is 0. The van der Waals surface area contributed by atoms with E-state index in [1.54, 1.807) is 0 Å². The average Bonchev–Trinajstić information content (AvgIpc) is 2.68. The molecule has 0 saturated heterocycles. The molecule has 1 heterocycles. The predicted octanol–water partition coefficient (Wildman–Crippen LogP) is 1.94. The van der Waals surface area contributed by atoms with E-state index >= 15 is 0 Å². The highest BCUT2D eigenvalue weighted by Gasteiger charge is 2.12. The van der Waals surface area contributed by atoms with Crippen LogP contribution in [0.2, 0.25) is 0 Å². The van der Waals surface area contributed by atoms with Crippen molar-refractivity contribution >= 4 is 16.7 Å². The molecule has 0 unspecified atom stereocenters. The van der Waals surface area contributed by atoms with Crippen LogP contribution in [-0.2, 0) is 6.54 Å². The third-order valence-corrected chi connectivity index (χ3v) is 4.24. The Kier molecular flexibility index (Phi) is 5.49. The lowest BCUT2D eigenvalue weighted by Crippen LogP contribution is -3.00. The van der Waals surface area contributed by atoms with E-state index < -0.39 is 0 Å². The largest absolute Gasteiger partial charge is 1.00 e. The summed E-state index contributed by atoms with van der Waals surface area (Å²) in [5.74, 6) is 1.71. The van der Waals surface area contributed by atoms with Crippen LogP contribution in [0.15, 0.2) is 84.9 Å². The van der Waals surface area contributed by atoms with Gasteiger partial charge in [-0.05, 0) is 17.7 Å². The molecule has 4 aromatic rings. The summed E-state index contributed by atoms with van der Waals surface area (Å²) >= 11 is 0. The molecule has 4 rings (SSSR count). The molecular formula is C22H19ClN3-. The Labute approximate surface area is 159 Å². The van der Waals surface area contributed by atoms with Crippen molar-refractivity contribution in [2.75, 3.05) is 11.9 Å². The van der Waals surface area contributed by atoms with E-state index in [9.17, 15) is 0 Å². The van der Waals surface area contributed by atoms with Gasteiger partial charge in [0.15, 0.2) is 5.82 Å². The first-order valence-electron chi connectivity index (χ1n) is 8.38. The molecule has 0 aliphatic rings. The van der Waals surface area contributed by atoms with Crippen LogP contribution in [-0.4, -0.2) is 17.0 Å². The van der Waals surface area contributed by atoms with Crippen LogP contribution in [0.25, 0.3) is 22.3 Å². The number of hydrogen-bond donors (Lipinski definition) is 0. The van der Waals surface area contributed by atoms with Gasteiger partial charge in [0, 0.05) is 24.5 Å². The maximum absolute atomic E-state index is 4.88. The molecule has 0 atom stereocenters.